The first-order valence-corrected chi connectivity index (χ1v) is 15.0. The highest BCUT2D eigenvalue weighted by atomic mass is 32.2. The number of carbonyl (C=O) groups excluding carboxylic acids is 1. The van der Waals surface area contributed by atoms with E-state index in [9.17, 15) is 23.1 Å². The topological polar surface area (TPSA) is 134 Å². The molecule has 11 heteroatoms. The average Bonchev–Trinajstić information content (AvgIpc) is 2.99. The summed E-state index contributed by atoms with van der Waals surface area (Å²) in [6.07, 6.45) is 4.25. The van der Waals surface area contributed by atoms with E-state index in [2.05, 4.69) is 15.3 Å². The fourth-order valence-corrected chi connectivity index (χ4v) is 5.05. The van der Waals surface area contributed by atoms with Crippen molar-refractivity contribution in [3.05, 3.63) is 113 Å². The quantitative estimate of drug-likeness (QED) is 0.271. The van der Waals surface area contributed by atoms with Crippen molar-refractivity contribution in [3.63, 3.8) is 0 Å². The number of hydrogen-bond acceptors (Lipinski definition) is 7. The molecular formula is C31H29N5O5S. The van der Waals surface area contributed by atoms with Gasteiger partial charge in [-0.25, -0.2) is 17.7 Å². The Morgan fingerprint density at radius 1 is 1.00 bits per heavy atom. The van der Waals surface area contributed by atoms with E-state index in [0.717, 1.165) is 16.1 Å². The lowest BCUT2D eigenvalue weighted by atomic mass is 10.0. The van der Waals surface area contributed by atoms with E-state index in [1.54, 1.807) is 35.2 Å². The van der Waals surface area contributed by atoms with Crippen molar-refractivity contribution >= 4 is 26.8 Å². The van der Waals surface area contributed by atoms with Crippen LogP contribution >= 0.6 is 0 Å². The summed E-state index contributed by atoms with van der Waals surface area (Å²) >= 11 is 0. The molecule has 3 heterocycles. The van der Waals surface area contributed by atoms with Gasteiger partial charge in [0.05, 0.1) is 24.0 Å². The van der Waals surface area contributed by atoms with Gasteiger partial charge in [-0.3, -0.25) is 14.6 Å². The second-order valence-electron chi connectivity index (χ2n) is 9.80. The predicted molar refractivity (Wildman–Crippen MR) is 162 cm³/mol. The second-order valence-corrected chi connectivity index (χ2v) is 11.9. The van der Waals surface area contributed by atoms with Gasteiger partial charge < -0.3 is 15.0 Å². The van der Waals surface area contributed by atoms with Gasteiger partial charge in [0.15, 0.2) is 11.4 Å². The summed E-state index contributed by atoms with van der Waals surface area (Å²) in [5, 5.41) is 14.4. The van der Waals surface area contributed by atoms with Crippen LogP contribution in [0, 0.1) is 0 Å². The molecule has 0 radical (unpaired) electrons. The van der Waals surface area contributed by atoms with Crippen LogP contribution in [0.2, 0.25) is 0 Å². The third kappa shape index (κ3) is 5.92. The molecule has 2 aromatic carbocycles. The van der Waals surface area contributed by atoms with E-state index in [0.29, 0.717) is 27.9 Å². The number of benzene rings is 2. The number of amides is 1. The predicted octanol–water partition coefficient (Wildman–Crippen LogP) is 3.50. The maximum atomic E-state index is 14.1. The minimum atomic E-state index is -3.43. The minimum Gasteiger partial charge on any atom is -0.505 e. The molecule has 3 aromatic heterocycles. The van der Waals surface area contributed by atoms with Gasteiger partial charge in [0.25, 0.3) is 11.5 Å². The third-order valence-corrected chi connectivity index (χ3v) is 8.23. The molecule has 0 aliphatic rings. The Balaban J connectivity index is 1.74. The zero-order valence-electron chi connectivity index (χ0n) is 23.1. The first-order chi connectivity index (χ1) is 20.1. The summed E-state index contributed by atoms with van der Waals surface area (Å²) in [6.45, 7) is 0.213. The number of rotatable bonds is 9. The summed E-state index contributed by atoms with van der Waals surface area (Å²) in [4.78, 5) is 36.2. The van der Waals surface area contributed by atoms with Gasteiger partial charge in [-0.15, -0.1) is 0 Å². The highest BCUT2D eigenvalue weighted by Crippen LogP contribution is 2.36. The van der Waals surface area contributed by atoms with Crippen LogP contribution in [0.15, 0.2) is 96.1 Å². The van der Waals surface area contributed by atoms with Crippen LogP contribution in [0.5, 0.6) is 5.75 Å². The van der Waals surface area contributed by atoms with Crippen LogP contribution < -0.4 is 10.9 Å². The van der Waals surface area contributed by atoms with Crippen molar-refractivity contribution in [3.8, 4) is 28.1 Å². The van der Waals surface area contributed by atoms with Crippen molar-refractivity contribution in [2.75, 3.05) is 26.4 Å². The molecule has 0 saturated heterocycles. The number of fused-ring (bicyclic) bond motifs is 1. The maximum Gasteiger partial charge on any atom is 0.273 e. The Morgan fingerprint density at radius 2 is 1.67 bits per heavy atom. The van der Waals surface area contributed by atoms with E-state index in [1.807, 2.05) is 60.7 Å². The molecule has 2 N–H and O–H groups in total. The van der Waals surface area contributed by atoms with Crippen molar-refractivity contribution in [2.24, 2.45) is 0 Å². The van der Waals surface area contributed by atoms with Crippen LogP contribution in [-0.4, -0.2) is 64.7 Å². The minimum absolute atomic E-state index is 0.00738. The number of likely N-dealkylation sites (N-methyl/N-ethyl adjacent to an activating group) is 1. The van der Waals surface area contributed by atoms with Crippen LogP contribution in [-0.2, 0) is 16.6 Å². The Bertz CT molecular complexity index is 1910. The van der Waals surface area contributed by atoms with E-state index in [1.165, 1.54) is 7.05 Å². The lowest BCUT2D eigenvalue weighted by Gasteiger charge is -2.19. The number of nitrogens with one attached hydrogen (secondary N) is 1. The van der Waals surface area contributed by atoms with Crippen molar-refractivity contribution in [1.29, 1.82) is 0 Å². The molecule has 10 nitrogen and oxygen atoms in total. The number of nitrogens with zero attached hydrogens (tertiary/aromatic N) is 4. The number of pyridine rings is 3. The molecule has 0 saturated carbocycles. The molecule has 0 aliphatic heterocycles. The summed E-state index contributed by atoms with van der Waals surface area (Å²) in [7, 11) is -2.03. The standard InChI is InChI=1S/C31H29N5O5S/c1-35(42(2,40)41)17-16-33-30(38)27-29(37)25-18-24(22-12-7-4-8-13-22)31(39)36(20-21-10-5-3-6-11-21)28(25)26(34-27)23-14-9-15-32-19-23/h3-15,18-19,37H,16-17,20H2,1-2H3,(H,33,38). The fourth-order valence-electron chi connectivity index (χ4n) is 4.63. The highest BCUT2D eigenvalue weighted by molar-refractivity contribution is 7.88. The summed E-state index contributed by atoms with van der Waals surface area (Å²) in [6, 6.07) is 23.6. The molecule has 5 rings (SSSR count). The van der Waals surface area contributed by atoms with Gasteiger partial charge in [0, 0.05) is 49.0 Å². The van der Waals surface area contributed by atoms with Gasteiger partial charge in [-0.2, -0.15) is 0 Å². The molecule has 0 spiro atoms. The number of sulfonamides is 1. The number of hydrogen-bond donors (Lipinski definition) is 2. The zero-order chi connectivity index (χ0) is 29.9. The lowest BCUT2D eigenvalue weighted by Crippen LogP contribution is -2.36. The first-order valence-electron chi connectivity index (χ1n) is 13.1. The van der Waals surface area contributed by atoms with E-state index in [4.69, 9.17) is 0 Å². The molecule has 0 bridgehead atoms. The summed E-state index contributed by atoms with van der Waals surface area (Å²) in [5.74, 6) is -1.09. The number of aromatic nitrogens is 3. The molecule has 214 valence electrons. The van der Waals surface area contributed by atoms with Crippen molar-refractivity contribution < 1.29 is 18.3 Å². The van der Waals surface area contributed by atoms with E-state index < -0.39 is 21.7 Å². The molecule has 5 aromatic rings. The molecule has 0 aliphatic carbocycles. The molecule has 0 fully saturated rings. The van der Waals surface area contributed by atoms with Crippen LogP contribution in [0.3, 0.4) is 0 Å². The normalized spacial score (nSPS) is 11.6. The Kier molecular flexibility index (Phi) is 8.14. The SMILES string of the molecule is CN(CCNC(=O)c1nc(-c2cccnc2)c2c(cc(-c3ccccc3)c(=O)n2Cc2ccccc2)c1O)S(C)(=O)=O. The van der Waals surface area contributed by atoms with Crippen molar-refractivity contribution in [2.45, 2.75) is 6.54 Å². The van der Waals surface area contributed by atoms with Crippen LogP contribution in [0.4, 0.5) is 0 Å². The maximum absolute atomic E-state index is 14.1. The molecule has 0 atom stereocenters. The molecule has 42 heavy (non-hydrogen) atoms. The largest absolute Gasteiger partial charge is 0.505 e. The van der Waals surface area contributed by atoms with Gasteiger partial charge >= 0.3 is 0 Å². The Morgan fingerprint density at radius 3 is 2.31 bits per heavy atom. The van der Waals surface area contributed by atoms with Gasteiger partial charge in [-0.1, -0.05) is 60.7 Å². The fraction of sp³-hybridized carbons (Fsp3) is 0.161. The van der Waals surface area contributed by atoms with Gasteiger partial charge in [0.1, 0.15) is 0 Å². The van der Waals surface area contributed by atoms with Gasteiger partial charge in [-0.05, 0) is 29.3 Å². The third-order valence-electron chi connectivity index (χ3n) is 6.91. The second kappa shape index (κ2) is 11.9. The average molecular weight is 584 g/mol. The smallest absolute Gasteiger partial charge is 0.273 e. The first kappa shape index (κ1) is 28.7. The van der Waals surface area contributed by atoms with Gasteiger partial charge in [0.2, 0.25) is 10.0 Å². The molecular weight excluding hydrogens is 554 g/mol. The van der Waals surface area contributed by atoms with Crippen LogP contribution in [0.1, 0.15) is 16.1 Å². The van der Waals surface area contributed by atoms with Crippen LogP contribution in [0.25, 0.3) is 33.3 Å². The molecule has 0 unspecified atom stereocenters. The molecule has 1 amide bonds. The zero-order valence-corrected chi connectivity index (χ0v) is 23.9. The number of aromatic hydroxyl groups is 1. The summed E-state index contributed by atoms with van der Waals surface area (Å²) in [5.41, 5.74) is 2.50. The Hall–Kier alpha value is -4.87. The van der Waals surface area contributed by atoms with E-state index in [-0.39, 0.29) is 36.3 Å². The lowest BCUT2D eigenvalue weighted by molar-refractivity contribution is 0.0944. The summed E-state index contributed by atoms with van der Waals surface area (Å²) < 4.78 is 26.2. The van der Waals surface area contributed by atoms with Crippen molar-refractivity contribution in [1.82, 2.24) is 24.2 Å². The van der Waals surface area contributed by atoms with E-state index >= 15 is 0 Å². The number of carbonyl (C=O) groups is 1. The highest BCUT2D eigenvalue weighted by Gasteiger charge is 2.25. The monoisotopic (exact) mass is 583 g/mol. The Labute approximate surface area is 243 Å².